The summed E-state index contributed by atoms with van der Waals surface area (Å²) in [6.07, 6.45) is 0.584. The van der Waals surface area contributed by atoms with Crippen molar-refractivity contribution >= 4 is 28.7 Å². The second kappa shape index (κ2) is 8.63. The maximum absolute atomic E-state index is 12.4. The molecule has 7 nitrogen and oxygen atoms in total. The first kappa shape index (κ1) is 20.7. The Balaban J connectivity index is 1.32. The molecule has 1 aliphatic rings. The van der Waals surface area contributed by atoms with Crippen LogP contribution in [-0.4, -0.2) is 35.8 Å². The smallest absolute Gasteiger partial charge is 0.261 e. The van der Waals surface area contributed by atoms with Crippen LogP contribution in [0.15, 0.2) is 52.9 Å². The summed E-state index contributed by atoms with van der Waals surface area (Å²) in [5.41, 5.74) is 1.50. The lowest BCUT2D eigenvalue weighted by Gasteiger charge is -2.15. The van der Waals surface area contributed by atoms with Crippen LogP contribution in [0.3, 0.4) is 0 Å². The molecule has 1 N–H and O–H groups in total. The fourth-order valence-electron chi connectivity index (χ4n) is 3.76. The van der Waals surface area contributed by atoms with Gasteiger partial charge in [0.2, 0.25) is 5.91 Å². The third-order valence-corrected chi connectivity index (χ3v) is 5.29. The van der Waals surface area contributed by atoms with E-state index in [2.05, 4.69) is 5.32 Å². The third-order valence-electron chi connectivity index (χ3n) is 5.29. The van der Waals surface area contributed by atoms with Gasteiger partial charge in [0.1, 0.15) is 5.76 Å². The van der Waals surface area contributed by atoms with E-state index in [1.54, 1.807) is 24.3 Å². The number of benzene rings is 2. The van der Waals surface area contributed by atoms with Crippen LogP contribution in [0.1, 0.15) is 59.2 Å². The van der Waals surface area contributed by atoms with E-state index in [9.17, 15) is 14.4 Å². The molecule has 4 rings (SSSR count). The zero-order chi connectivity index (χ0) is 22.0. The van der Waals surface area contributed by atoms with Crippen LogP contribution in [0.5, 0.6) is 5.75 Å². The molecule has 1 aromatic heterocycles. The lowest BCUT2D eigenvalue weighted by molar-refractivity contribution is -0.122. The van der Waals surface area contributed by atoms with E-state index in [-0.39, 0.29) is 36.7 Å². The van der Waals surface area contributed by atoms with Crippen LogP contribution >= 0.6 is 0 Å². The third kappa shape index (κ3) is 4.03. The molecule has 0 saturated heterocycles. The highest BCUT2D eigenvalue weighted by molar-refractivity contribution is 6.21. The molecule has 1 aliphatic heterocycles. The number of amides is 3. The molecule has 0 spiro atoms. The molecule has 0 saturated carbocycles. The number of ether oxygens (including phenoxy) is 1. The van der Waals surface area contributed by atoms with Gasteiger partial charge in [-0.25, -0.2) is 0 Å². The normalized spacial score (nSPS) is 14.1. The quantitative estimate of drug-likeness (QED) is 0.555. The fraction of sp³-hybridized carbons (Fsp3) is 0.292. The summed E-state index contributed by atoms with van der Waals surface area (Å²) < 4.78 is 11.5. The van der Waals surface area contributed by atoms with Crippen molar-refractivity contribution in [1.29, 1.82) is 0 Å². The lowest BCUT2D eigenvalue weighted by atomic mass is 10.1. The van der Waals surface area contributed by atoms with Gasteiger partial charge in [0, 0.05) is 18.4 Å². The Morgan fingerprint density at radius 2 is 1.81 bits per heavy atom. The summed E-state index contributed by atoms with van der Waals surface area (Å²) in [6, 6.07) is 14.0. The molecule has 2 aromatic carbocycles. The van der Waals surface area contributed by atoms with Gasteiger partial charge in [0.05, 0.1) is 23.8 Å². The Hall–Kier alpha value is -3.61. The lowest BCUT2D eigenvalue weighted by Crippen LogP contribution is -2.32. The maximum Gasteiger partial charge on any atom is 0.261 e. The van der Waals surface area contributed by atoms with Gasteiger partial charge in [-0.2, -0.15) is 0 Å². The summed E-state index contributed by atoms with van der Waals surface area (Å²) in [5, 5.41) is 3.82. The second-order valence-electron chi connectivity index (χ2n) is 7.46. The summed E-state index contributed by atoms with van der Waals surface area (Å²) >= 11 is 0. The van der Waals surface area contributed by atoms with Crippen molar-refractivity contribution in [2.75, 3.05) is 13.2 Å². The molecule has 2 heterocycles. The van der Waals surface area contributed by atoms with Gasteiger partial charge in [-0.3, -0.25) is 19.3 Å². The van der Waals surface area contributed by atoms with E-state index >= 15 is 0 Å². The predicted molar refractivity (Wildman–Crippen MR) is 115 cm³/mol. The highest BCUT2D eigenvalue weighted by Gasteiger charge is 2.34. The van der Waals surface area contributed by atoms with Crippen molar-refractivity contribution in [2.24, 2.45) is 0 Å². The number of hydrogen-bond acceptors (Lipinski definition) is 5. The number of fused-ring (bicyclic) bond motifs is 2. The number of imide groups is 1. The van der Waals surface area contributed by atoms with Crippen molar-refractivity contribution < 1.29 is 23.5 Å². The molecule has 3 amide bonds. The van der Waals surface area contributed by atoms with Crippen LogP contribution in [-0.2, 0) is 4.79 Å². The maximum atomic E-state index is 12.4. The van der Waals surface area contributed by atoms with Gasteiger partial charge in [0.25, 0.3) is 11.8 Å². The van der Waals surface area contributed by atoms with Gasteiger partial charge in [-0.05, 0) is 44.5 Å². The zero-order valence-corrected chi connectivity index (χ0v) is 17.5. The first-order valence-electron chi connectivity index (χ1n) is 10.4. The molecule has 31 heavy (non-hydrogen) atoms. The summed E-state index contributed by atoms with van der Waals surface area (Å²) in [5.74, 6) is 0.527. The van der Waals surface area contributed by atoms with Crippen molar-refractivity contribution in [3.8, 4) is 5.75 Å². The van der Waals surface area contributed by atoms with Crippen molar-refractivity contribution in [2.45, 2.75) is 32.7 Å². The van der Waals surface area contributed by atoms with Crippen molar-refractivity contribution in [1.82, 2.24) is 10.2 Å². The van der Waals surface area contributed by atoms with Gasteiger partial charge in [-0.1, -0.05) is 24.3 Å². The van der Waals surface area contributed by atoms with Crippen LogP contribution in [0.2, 0.25) is 0 Å². The van der Waals surface area contributed by atoms with Crippen LogP contribution in [0.4, 0.5) is 0 Å². The number of para-hydroxylation sites is 1. The Morgan fingerprint density at radius 3 is 2.48 bits per heavy atom. The zero-order valence-electron chi connectivity index (χ0n) is 17.5. The topological polar surface area (TPSA) is 88.9 Å². The number of carbonyl (C=O) groups is 3. The molecule has 0 bridgehead atoms. The van der Waals surface area contributed by atoms with Gasteiger partial charge < -0.3 is 14.5 Å². The molecule has 3 aromatic rings. The first-order chi connectivity index (χ1) is 15.0. The van der Waals surface area contributed by atoms with Crippen LogP contribution in [0.25, 0.3) is 11.0 Å². The SMILES string of the molecule is CCOc1cccc2cc(C(C)NC(=O)CCCN3C(=O)c4ccccc4C3=O)oc12. The molecule has 0 radical (unpaired) electrons. The van der Waals surface area contributed by atoms with E-state index in [0.29, 0.717) is 41.2 Å². The predicted octanol–water partition coefficient (Wildman–Crippen LogP) is 4.09. The molecule has 0 fully saturated rings. The standard InChI is InChI=1S/C24H24N2O5/c1-3-30-19-11-6-8-16-14-20(31-22(16)19)15(2)25-21(27)12-7-13-26-23(28)17-9-4-5-10-18(17)24(26)29/h4-6,8-11,14-15H,3,7,12-13H2,1-2H3,(H,25,27). The summed E-state index contributed by atoms with van der Waals surface area (Å²) in [6.45, 7) is 4.50. The Morgan fingerprint density at radius 1 is 1.10 bits per heavy atom. The monoisotopic (exact) mass is 420 g/mol. The molecule has 7 heteroatoms. The highest BCUT2D eigenvalue weighted by atomic mass is 16.5. The van der Waals surface area contributed by atoms with Crippen molar-refractivity contribution in [3.05, 3.63) is 65.4 Å². The number of nitrogens with one attached hydrogen (secondary N) is 1. The van der Waals surface area contributed by atoms with Crippen LogP contribution < -0.4 is 10.1 Å². The van der Waals surface area contributed by atoms with Gasteiger partial charge in [-0.15, -0.1) is 0 Å². The van der Waals surface area contributed by atoms with Gasteiger partial charge in [0.15, 0.2) is 11.3 Å². The average Bonchev–Trinajstić information content (AvgIpc) is 3.30. The Labute approximate surface area is 180 Å². The van der Waals surface area contributed by atoms with E-state index in [0.717, 1.165) is 5.39 Å². The molecular formula is C24H24N2O5. The minimum atomic E-state index is -0.325. The Kier molecular flexibility index (Phi) is 5.75. The molecule has 1 atom stereocenters. The van der Waals surface area contributed by atoms with Gasteiger partial charge >= 0.3 is 0 Å². The molecule has 1 unspecified atom stereocenters. The highest BCUT2D eigenvalue weighted by Crippen LogP contribution is 2.31. The number of furan rings is 1. The van der Waals surface area contributed by atoms with E-state index in [4.69, 9.17) is 9.15 Å². The average molecular weight is 420 g/mol. The summed E-state index contributed by atoms with van der Waals surface area (Å²) in [4.78, 5) is 38.4. The number of rotatable bonds is 8. The fourth-order valence-corrected chi connectivity index (χ4v) is 3.76. The van der Waals surface area contributed by atoms with E-state index in [1.165, 1.54) is 4.90 Å². The van der Waals surface area contributed by atoms with Crippen molar-refractivity contribution in [3.63, 3.8) is 0 Å². The molecular weight excluding hydrogens is 396 g/mol. The minimum Gasteiger partial charge on any atom is -0.490 e. The summed E-state index contributed by atoms with van der Waals surface area (Å²) in [7, 11) is 0. The Bertz CT molecular complexity index is 1110. The number of carbonyl (C=O) groups excluding carboxylic acids is 3. The van der Waals surface area contributed by atoms with E-state index < -0.39 is 0 Å². The van der Waals surface area contributed by atoms with Crippen LogP contribution in [0, 0.1) is 0 Å². The first-order valence-corrected chi connectivity index (χ1v) is 10.4. The largest absolute Gasteiger partial charge is 0.490 e. The number of nitrogens with zero attached hydrogens (tertiary/aromatic N) is 1. The van der Waals surface area contributed by atoms with E-state index in [1.807, 2.05) is 38.1 Å². The molecule has 0 aliphatic carbocycles. The second-order valence-corrected chi connectivity index (χ2v) is 7.46. The number of hydrogen-bond donors (Lipinski definition) is 1. The minimum absolute atomic E-state index is 0.172. The molecule has 160 valence electrons.